The highest BCUT2D eigenvalue weighted by Gasteiger charge is 2.31. The smallest absolute Gasteiger partial charge is 0.416 e. The number of nitrogens with one attached hydrogen (secondary N) is 2. The zero-order valence-electron chi connectivity index (χ0n) is 24.3. The highest BCUT2D eigenvalue weighted by atomic mass is 19.4. The molecule has 5 rings (SSSR count). The summed E-state index contributed by atoms with van der Waals surface area (Å²) in [5, 5.41) is 5.61. The predicted octanol–water partition coefficient (Wildman–Crippen LogP) is 5.96. The Hall–Kier alpha value is -5.16. The Labute approximate surface area is 257 Å². The molecular formula is C34H30F3N3O5. The van der Waals surface area contributed by atoms with Gasteiger partial charge in [-0.15, -0.1) is 0 Å². The number of anilines is 1. The van der Waals surface area contributed by atoms with E-state index in [9.17, 15) is 27.6 Å². The van der Waals surface area contributed by atoms with Gasteiger partial charge in [-0.1, -0.05) is 60.7 Å². The minimum Gasteiger partial charge on any atom is -0.495 e. The van der Waals surface area contributed by atoms with Crippen LogP contribution in [0.3, 0.4) is 0 Å². The Morgan fingerprint density at radius 1 is 0.844 bits per heavy atom. The van der Waals surface area contributed by atoms with E-state index in [2.05, 4.69) is 10.6 Å². The van der Waals surface area contributed by atoms with Gasteiger partial charge < -0.3 is 25.0 Å². The third-order valence-electron chi connectivity index (χ3n) is 7.38. The Bertz CT molecular complexity index is 1670. The molecule has 0 saturated carbocycles. The first-order chi connectivity index (χ1) is 21.7. The van der Waals surface area contributed by atoms with Crippen LogP contribution in [0, 0.1) is 0 Å². The summed E-state index contributed by atoms with van der Waals surface area (Å²) in [5.74, 6) is -1.10. The van der Waals surface area contributed by atoms with Crippen LogP contribution in [0.15, 0.2) is 97.1 Å². The molecule has 0 radical (unpaired) electrons. The van der Waals surface area contributed by atoms with Crippen molar-refractivity contribution in [3.8, 4) is 16.9 Å². The van der Waals surface area contributed by atoms with Crippen LogP contribution in [0.1, 0.15) is 37.9 Å². The highest BCUT2D eigenvalue weighted by molar-refractivity contribution is 6.09. The molecule has 1 heterocycles. The number of nitrogens with zero attached hydrogens (tertiary/aromatic N) is 1. The molecule has 8 nitrogen and oxygen atoms in total. The number of methoxy groups -OCH3 is 1. The molecule has 232 valence electrons. The second kappa shape index (κ2) is 13.6. The lowest BCUT2D eigenvalue weighted by Crippen LogP contribution is -2.47. The van der Waals surface area contributed by atoms with Gasteiger partial charge in [-0.05, 0) is 53.1 Å². The number of alkyl halides is 3. The summed E-state index contributed by atoms with van der Waals surface area (Å²) in [6.45, 7) is 1.67. The normalized spacial score (nSPS) is 13.9. The number of hydrogen-bond acceptors (Lipinski definition) is 5. The van der Waals surface area contributed by atoms with E-state index in [-0.39, 0.29) is 28.5 Å². The number of carbonyl (C=O) groups is 3. The van der Waals surface area contributed by atoms with Crippen molar-refractivity contribution in [3.63, 3.8) is 0 Å². The molecule has 0 spiro atoms. The zero-order valence-corrected chi connectivity index (χ0v) is 24.3. The Balaban J connectivity index is 1.35. The number of hydrogen-bond donors (Lipinski definition) is 2. The third kappa shape index (κ3) is 7.32. The van der Waals surface area contributed by atoms with Crippen LogP contribution >= 0.6 is 0 Å². The molecule has 1 aliphatic heterocycles. The topological polar surface area (TPSA) is 97.0 Å². The standard InChI is InChI=1S/C34H30F3N3O5/c1-44-29-21-24(31(41)39-30(23-7-3-2-4-8-23)33(43)40-17-19-45-20-18-40)13-16-28(29)38-32(42)27-10-6-5-9-26(27)22-11-14-25(15-12-22)34(35,36)37/h2-16,21,30H,17-20H2,1H3,(H,38,42)(H,39,41)/t30-/m0/s1. The Morgan fingerprint density at radius 2 is 1.51 bits per heavy atom. The van der Waals surface area contributed by atoms with Crippen molar-refractivity contribution in [2.45, 2.75) is 12.2 Å². The van der Waals surface area contributed by atoms with E-state index < -0.39 is 29.6 Å². The summed E-state index contributed by atoms with van der Waals surface area (Å²) in [7, 11) is 1.39. The average molecular weight is 618 g/mol. The minimum absolute atomic E-state index is 0.193. The van der Waals surface area contributed by atoms with Gasteiger partial charge in [-0.25, -0.2) is 0 Å². The van der Waals surface area contributed by atoms with Crippen molar-refractivity contribution in [1.29, 1.82) is 0 Å². The van der Waals surface area contributed by atoms with Gasteiger partial charge in [0.25, 0.3) is 11.8 Å². The molecule has 1 aliphatic rings. The largest absolute Gasteiger partial charge is 0.495 e. The van der Waals surface area contributed by atoms with Crippen molar-refractivity contribution >= 4 is 23.4 Å². The lowest BCUT2D eigenvalue weighted by Gasteiger charge is -2.31. The molecule has 0 bridgehead atoms. The van der Waals surface area contributed by atoms with E-state index in [0.29, 0.717) is 43.0 Å². The second-order valence-electron chi connectivity index (χ2n) is 10.2. The molecule has 4 aromatic carbocycles. The maximum absolute atomic E-state index is 13.4. The van der Waals surface area contributed by atoms with Crippen molar-refractivity contribution in [2.75, 3.05) is 38.7 Å². The van der Waals surface area contributed by atoms with Crippen LogP contribution < -0.4 is 15.4 Å². The summed E-state index contributed by atoms with van der Waals surface area (Å²) in [6.07, 6.45) is -4.48. The van der Waals surface area contributed by atoms with Gasteiger partial charge >= 0.3 is 6.18 Å². The van der Waals surface area contributed by atoms with Crippen molar-refractivity contribution < 1.29 is 37.0 Å². The fourth-order valence-electron chi connectivity index (χ4n) is 5.01. The van der Waals surface area contributed by atoms with Crippen LogP contribution in [0.5, 0.6) is 5.75 Å². The van der Waals surface area contributed by atoms with Gasteiger partial charge in [0.15, 0.2) is 0 Å². The van der Waals surface area contributed by atoms with Crippen molar-refractivity contribution in [1.82, 2.24) is 10.2 Å². The highest BCUT2D eigenvalue weighted by Crippen LogP contribution is 2.33. The van der Waals surface area contributed by atoms with Crippen LogP contribution in [-0.2, 0) is 15.7 Å². The van der Waals surface area contributed by atoms with Gasteiger partial charge in [0.05, 0.1) is 31.6 Å². The maximum atomic E-state index is 13.4. The molecule has 0 aromatic heterocycles. The number of halogens is 3. The van der Waals surface area contributed by atoms with Crippen LogP contribution in [0.2, 0.25) is 0 Å². The van der Waals surface area contributed by atoms with Crippen LogP contribution in [0.4, 0.5) is 18.9 Å². The van der Waals surface area contributed by atoms with Crippen molar-refractivity contribution in [2.24, 2.45) is 0 Å². The fraction of sp³-hybridized carbons (Fsp3) is 0.206. The van der Waals surface area contributed by atoms with E-state index in [0.717, 1.165) is 12.1 Å². The monoisotopic (exact) mass is 617 g/mol. The molecule has 0 unspecified atom stereocenters. The Kier molecular flexibility index (Phi) is 9.48. The SMILES string of the molecule is COc1cc(C(=O)N[C@H](C(=O)N2CCOCC2)c2ccccc2)ccc1NC(=O)c1ccccc1-c1ccc(C(F)(F)F)cc1. The van der Waals surface area contributed by atoms with Gasteiger partial charge in [0.2, 0.25) is 5.91 Å². The summed E-state index contributed by atoms with van der Waals surface area (Å²) in [4.78, 5) is 41.9. The molecule has 2 N–H and O–H groups in total. The van der Waals surface area contributed by atoms with Gasteiger partial charge in [-0.3, -0.25) is 14.4 Å². The number of morpholine rings is 1. The maximum Gasteiger partial charge on any atom is 0.416 e. The molecular weight excluding hydrogens is 587 g/mol. The van der Waals surface area contributed by atoms with E-state index in [4.69, 9.17) is 9.47 Å². The van der Waals surface area contributed by atoms with Gasteiger partial charge in [0, 0.05) is 24.2 Å². The zero-order chi connectivity index (χ0) is 32.0. The number of carbonyl (C=O) groups excluding carboxylic acids is 3. The van der Waals surface area contributed by atoms with E-state index in [1.165, 1.54) is 37.4 Å². The lowest BCUT2D eigenvalue weighted by molar-refractivity contribution is -0.138. The van der Waals surface area contributed by atoms with E-state index >= 15 is 0 Å². The third-order valence-corrected chi connectivity index (χ3v) is 7.38. The van der Waals surface area contributed by atoms with E-state index in [1.807, 2.05) is 6.07 Å². The summed E-state index contributed by atoms with van der Waals surface area (Å²) in [6, 6.07) is 23.6. The molecule has 3 amide bonds. The number of benzene rings is 4. The minimum atomic E-state index is -4.48. The molecule has 45 heavy (non-hydrogen) atoms. The first kappa shape index (κ1) is 31.3. The van der Waals surface area contributed by atoms with Crippen molar-refractivity contribution in [3.05, 3.63) is 119 Å². The quantitative estimate of drug-likeness (QED) is 0.254. The molecule has 0 aliphatic carbocycles. The summed E-state index contributed by atoms with van der Waals surface area (Å²) < 4.78 is 50.0. The Morgan fingerprint density at radius 3 is 2.18 bits per heavy atom. The van der Waals surface area contributed by atoms with Crippen LogP contribution in [-0.4, -0.2) is 56.0 Å². The molecule has 11 heteroatoms. The van der Waals surface area contributed by atoms with E-state index in [1.54, 1.807) is 53.4 Å². The van der Waals surface area contributed by atoms with Crippen LogP contribution in [0.25, 0.3) is 11.1 Å². The average Bonchev–Trinajstić information content (AvgIpc) is 3.07. The summed E-state index contributed by atoms with van der Waals surface area (Å²) >= 11 is 0. The summed E-state index contributed by atoms with van der Waals surface area (Å²) in [5.41, 5.74) is 1.42. The molecule has 1 fully saturated rings. The fourth-order valence-corrected chi connectivity index (χ4v) is 5.01. The number of rotatable bonds is 8. The first-order valence-electron chi connectivity index (χ1n) is 14.1. The lowest BCUT2D eigenvalue weighted by atomic mass is 9.98. The van der Waals surface area contributed by atoms with Gasteiger partial charge in [-0.2, -0.15) is 13.2 Å². The molecule has 4 aromatic rings. The molecule has 1 saturated heterocycles. The number of amides is 3. The first-order valence-corrected chi connectivity index (χ1v) is 14.1. The molecule has 1 atom stereocenters. The predicted molar refractivity (Wildman–Crippen MR) is 162 cm³/mol. The second-order valence-corrected chi connectivity index (χ2v) is 10.2. The number of ether oxygens (including phenoxy) is 2. The van der Waals surface area contributed by atoms with Gasteiger partial charge in [0.1, 0.15) is 11.8 Å².